The Bertz CT molecular complexity index is 357. The van der Waals surface area contributed by atoms with Crippen LogP contribution in [0.15, 0.2) is 0 Å². The molecule has 0 N–H and O–H groups in total. The molecule has 1 aliphatic rings. The second kappa shape index (κ2) is 22.9. The molecule has 8 nitrogen and oxygen atoms in total. The standard InChI is InChI=1S/C23H48N2O6/c1-3-5-6-24-7-9-25(10-8-24)11-13-27-15-17-29-19-21-31-23-22-30-20-18-28-16-14-26-12-4-2/h3-23H2,1-2H3. The molecule has 0 radical (unpaired) electrons. The van der Waals surface area contributed by atoms with E-state index in [0.717, 1.165) is 39.3 Å². The zero-order valence-corrected chi connectivity index (χ0v) is 20.2. The van der Waals surface area contributed by atoms with Crippen LogP contribution in [-0.4, -0.2) is 128 Å². The molecule has 0 saturated carbocycles. The fourth-order valence-corrected chi connectivity index (χ4v) is 3.16. The summed E-state index contributed by atoms with van der Waals surface area (Å²) in [4.78, 5) is 5.07. The third-order valence-electron chi connectivity index (χ3n) is 5.05. The van der Waals surface area contributed by atoms with Gasteiger partial charge < -0.3 is 33.3 Å². The molecule has 0 aromatic carbocycles. The minimum Gasteiger partial charge on any atom is -0.379 e. The Morgan fingerprint density at radius 3 is 1.16 bits per heavy atom. The van der Waals surface area contributed by atoms with E-state index in [1.54, 1.807) is 0 Å². The molecule has 186 valence electrons. The molecule has 0 spiro atoms. The second-order valence-corrected chi connectivity index (χ2v) is 7.71. The van der Waals surface area contributed by atoms with Gasteiger partial charge in [-0.15, -0.1) is 0 Å². The monoisotopic (exact) mass is 448 g/mol. The summed E-state index contributed by atoms with van der Waals surface area (Å²) in [5.74, 6) is 0. The van der Waals surface area contributed by atoms with Gasteiger partial charge in [0.2, 0.25) is 0 Å². The molecule has 8 heteroatoms. The van der Waals surface area contributed by atoms with Crippen molar-refractivity contribution >= 4 is 0 Å². The third kappa shape index (κ3) is 18.9. The van der Waals surface area contributed by atoms with Gasteiger partial charge in [0.05, 0.1) is 72.7 Å². The van der Waals surface area contributed by atoms with Crippen LogP contribution in [0.3, 0.4) is 0 Å². The highest BCUT2D eigenvalue weighted by Crippen LogP contribution is 2.03. The summed E-state index contributed by atoms with van der Waals surface area (Å²) in [6.07, 6.45) is 3.63. The molecule has 1 rings (SSSR count). The van der Waals surface area contributed by atoms with Crippen molar-refractivity contribution in [1.82, 2.24) is 9.80 Å². The number of nitrogens with zero attached hydrogens (tertiary/aromatic N) is 2. The molecule has 0 aliphatic carbocycles. The number of unbranched alkanes of at least 4 members (excludes halogenated alkanes) is 1. The Kier molecular flexibility index (Phi) is 21.2. The van der Waals surface area contributed by atoms with Gasteiger partial charge in [-0.2, -0.15) is 0 Å². The predicted octanol–water partition coefficient (Wildman–Crippen LogP) is 1.91. The highest BCUT2D eigenvalue weighted by Gasteiger charge is 2.15. The number of ether oxygens (including phenoxy) is 6. The summed E-state index contributed by atoms with van der Waals surface area (Å²) in [5, 5.41) is 0. The van der Waals surface area contributed by atoms with Crippen LogP contribution < -0.4 is 0 Å². The zero-order valence-electron chi connectivity index (χ0n) is 20.2. The van der Waals surface area contributed by atoms with Crippen LogP contribution in [-0.2, 0) is 28.4 Å². The van der Waals surface area contributed by atoms with E-state index in [-0.39, 0.29) is 0 Å². The number of hydrogen-bond acceptors (Lipinski definition) is 8. The van der Waals surface area contributed by atoms with Crippen LogP contribution in [0.4, 0.5) is 0 Å². The largest absolute Gasteiger partial charge is 0.379 e. The minimum absolute atomic E-state index is 0.575. The maximum atomic E-state index is 5.69. The van der Waals surface area contributed by atoms with Gasteiger partial charge in [-0.05, 0) is 19.4 Å². The number of rotatable bonds is 23. The Morgan fingerprint density at radius 1 is 0.419 bits per heavy atom. The van der Waals surface area contributed by atoms with Crippen LogP contribution in [0.25, 0.3) is 0 Å². The topological polar surface area (TPSA) is 61.9 Å². The number of hydrogen-bond donors (Lipinski definition) is 0. The van der Waals surface area contributed by atoms with Crippen molar-refractivity contribution in [3.63, 3.8) is 0 Å². The van der Waals surface area contributed by atoms with Crippen molar-refractivity contribution in [1.29, 1.82) is 0 Å². The molecular formula is C23H48N2O6. The van der Waals surface area contributed by atoms with Gasteiger partial charge in [-0.3, -0.25) is 4.90 Å². The summed E-state index contributed by atoms with van der Waals surface area (Å²) >= 11 is 0. The fourth-order valence-electron chi connectivity index (χ4n) is 3.16. The maximum Gasteiger partial charge on any atom is 0.0701 e. The normalized spacial score (nSPS) is 15.7. The van der Waals surface area contributed by atoms with E-state index in [0.29, 0.717) is 66.1 Å². The molecule has 0 unspecified atom stereocenters. The van der Waals surface area contributed by atoms with Crippen molar-refractivity contribution in [2.24, 2.45) is 0 Å². The summed E-state index contributed by atoms with van der Waals surface area (Å²) in [6, 6.07) is 0. The third-order valence-corrected chi connectivity index (χ3v) is 5.05. The molecule has 1 saturated heterocycles. The first-order valence-electron chi connectivity index (χ1n) is 12.3. The molecule has 0 aromatic heterocycles. The summed E-state index contributed by atoms with van der Waals surface area (Å²) in [5.41, 5.74) is 0. The SMILES string of the molecule is CCCCN1CCN(CCOCCOCCOCCOCCOCCOCCC)CC1. The van der Waals surface area contributed by atoms with Gasteiger partial charge >= 0.3 is 0 Å². The first-order chi connectivity index (χ1) is 15.4. The Hall–Kier alpha value is -0.320. The van der Waals surface area contributed by atoms with E-state index in [2.05, 4.69) is 23.6 Å². The lowest BCUT2D eigenvalue weighted by Gasteiger charge is -2.34. The lowest BCUT2D eigenvalue weighted by molar-refractivity contribution is -0.0179. The van der Waals surface area contributed by atoms with E-state index >= 15 is 0 Å². The van der Waals surface area contributed by atoms with Crippen molar-refractivity contribution in [3.8, 4) is 0 Å². The molecule has 0 atom stereocenters. The molecule has 1 fully saturated rings. The molecule has 1 heterocycles. The molecule has 1 aliphatic heterocycles. The van der Waals surface area contributed by atoms with Crippen molar-refractivity contribution in [2.75, 3.05) is 119 Å². The lowest BCUT2D eigenvalue weighted by atomic mass is 10.2. The van der Waals surface area contributed by atoms with E-state index in [9.17, 15) is 0 Å². The number of piperazine rings is 1. The summed E-state index contributed by atoms with van der Waals surface area (Å²) < 4.78 is 32.9. The van der Waals surface area contributed by atoms with Crippen LogP contribution >= 0.6 is 0 Å². The van der Waals surface area contributed by atoms with Crippen molar-refractivity contribution in [2.45, 2.75) is 33.1 Å². The van der Waals surface area contributed by atoms with Gasteiger partial charge in [0.25, 0.3) is 0 Å². The Morgan fingerprint density at radius 2 is 0.774 bits per heavy atom. The van der Waals surface area contributed by atoms with Gasteiger partial charge in [0, 0.05) is 39.3 Å². The minimum atomic E-state index is 0.575. The van der Waals surface area contributed by atoms with E-state index in [1.165, 1.54) is 32.5 Å². The average Bonchev–Trinajstić information content (AvgIpc) is 2.80. The summed E-state index contributed by atoms with van der Waals surface area (Å²) in [6.45, 7) is 18.9. The van der Waals surface area contributed by atoms with E-state index in [1.807, 2.05) is 0 Å². The van der Waals surface area contributed by atoms with Crippen LogP contribution in [0.5, 0.6) is 0 Å². The van der Waals surface area contributed by atoms with E-state index in [4.69, 9.17) is 28.4 Å². The zero-order chi connectivity index (χ0) is 22.2. The highest BCUT2D eigenvalue weighted by molar-refractivity contribution is 4.71. The fraction of sp³-hybridized carbons (Fsp3) is 1.00. The van der Waals surface area contributed by atoms with Crippen molar-refractivity contribution < 1.29 is 28.4 Å². The predicted molar refractivity (Wildman–Crippen MR) is 123 cm³/mol. The van der Waals surface area contributed by atoms with Crippen molar-refractivity contribution in [3.05, 3.63) is 0 Å². The Labute approximate surface area is 190 Å². The van der Waals surface area contributed by atoms with Crippen LogP contribution in [0.1, 0.15) is 33.1 Å². The van der Waals surface area contributed by atoms with Crippen LogP contribution in [0.2, 0.25) is 0 Å². The van der Waals surface area contributed by atoms with Gasteiger partial charge in [0.1, 0.15) is 0 Å². The quantitative estimate of drug-likeness (QED) is 0.220. The maximum absolute atomic E-state index is 5.69. The molecular weight excluding hydrogens is 400 g/mol. The summed E-state index contributed by atoms with van der Waals surface area (Å²) in [7, 11) is 0. The highest BCUT2D eigenvalue weighted by atomic mass is 16.6. The van der Waals surface area contributed by atoms with Gasteiger partial charge in [0.15, 0.2) is 0 Å². The first kappa shape index (κ1) is 28.7. The van der Waals surface area contributed by atoms with E-state index < -0.39 is 0 Å². The lowest BCUT2D eigenvalue weighted by Crippen LogP contribution is -2.47. The van der Waals surface area contributed by atoms with Gasteiger partial charge in [-0.1, -0.05) is 20.3 Å². The second-order valence-electron chi connectivity index (χ2n) is 7.71. The molecule has 0 amide bonds. The first-order valence-corrected chi connectivity index (χ1v) is 12.3. The molecule has 31 heavy (non-hydrogen) atoms. The van der Waals surface area contributed by atoms with Crippen LogP contribution in [0, 0.1) is 0 Å². The smallest absolute Gasteiger partial charge is 0.0701 e. The molecule has 0 aromatic rings. The average molecular weight is 449 g/mol. The Balaban J connectivity index is 1.70. The molecule has 0 bridgehead atoms. The van der Waals surface area contributed by atoms with Gasteiger partial charge in [-0.25, -0.2) is 0 Å².